The largest absolute Gasteiger partial charge is 0.534 e. The molecule has 0 radical (unpaired) electrons. The van der Waals surface area contributed by atoms with Crippen LogP contribution in [0, 0.1) is 5.82 Å². The van der Waals surface area contributed by atoms with Gasteiger partial charge in [-0.2, -0.15) is 0 Å². The Morgan fingerprint density at radius 1 is 1.11 bits per heavy atom. The quantitative estimate of drug-likeness (QED) is 0.770. The number of halogens is 1. The minimum absolute atomic E-state index is 0.0677. The maximum absolute atomic E-state index is 14.3. The molecular weight excluding hydrogens is 371 g/mol. The number of fused-ring (bicyclic) bond motifs is 1. The maximum atomic E-state index is 14.3. The first-order chi connectivity index (χ1) is 12.8. The standard InChI is InChI=1S/C19H25FN2O6/c1-18(2,3)26-16(24)21-13-10-11-12(20)8-7-9-14(11)22(15(13)23)28-17(25)27-19(4,5)6/h7-9,13H,10H2,1-6H3,(H,21,24)/t13-/m0/s1. The minimum Gasteiger partial charge on any atom is -0.444 e. The normalized spacial score (nSPS) is 16.9. The number of nitrogens with one attached hydrogen (secondary N) is 1. The number of amides is 2. The molecule has 1 aliphatic heterocycles. The summed E-state index contributed by atoms with van der Waals surface area (Å²) >= 11 is 0. The number of hydroxylamine groups is 1. The lowest BCUT2D eigenvalue weighted by Gasteiger charge is -2.33. The lowest BCUT2D eigenvalue weighted by atomic mass is 9.98. The average molecular weight is 396 g/mol. The van der Waals surface area contributed by atoms with Crippen LogP contribution in [0.15, 0.2) is 18.2 Å². The number of carbonyl (C=O) groups excluding carboxylic acids is 3. The van der Waals surface area contributed by atoms with Gasteiger partial charge in [0.2, 0.25) is 0 Å². The summed E-state index contributed by atoms with van der Waals surface area (Å²) in [6.07, 6.45) is -2.09. The van der Waals surface area contributed by atoms with Gasteiger partial charge in [-0.05, 0) is 53.7 Å². The number of nitrogens with zero attached hydrogens (tertiary/aromatic N) is 1. The summed E-state index contributed by atoms with van der Waals surface area (Å²) in [6.45, 7) is 9.90. The van der Waals surface area contributed by atoms with Crippen molar-refractivity contribution in [1.82, 2.24) is 5.32 Å². The zero-order valence-corrected chi connectivity index (χ0v) is 16.8. The average Bonchev–Trinajstić information content (AvgIpc) is 2.48. The van der Waals surface area contributed by atoms with Crippen LogP contribution in [0.5, 0.6) is 0 Å². The van der Waals surface area contributed by atoms with Crippen molar-refractivity contribution in [3.05, 3.63) is 29.6 Å². The van der Waals surface area contributed by atoms with E-state index in [1.54, 1.807) is 41.5 Å². The first-order valence-electron chi connectivity index (χ1n) is 8.78. The van der Waals surface area contributed by atoms with Gasteiger partial charge in [-0.15, -0.1) is 5.06 Å². The van der Waals surface area contributed by atoms with Crippen molar-refractivity contribution in [1.29, 1.82) is 0 Å². The van der Waals surface area contributed by atoms with Crippen molar-refractivity contribution in [2.75, 3.05) is 5.06 Å². The molecule has 0 aliphatic carbocycles. The Hall–Kier alpha value is -2.84. The molecule has 28 heavy (non-hydrogen) atoms. The first-order valence-corrected chi connectivity index (χ1v) is 8.78. The Labute approximate surface area is 162 Å². The third-order valence-electron chi connectivity index (χ3n) is 3.47. The van der Waals surface area contributed by atoms with E-state index in [9.17, 15) is 18.8 Å². The Morgan fingerprint density at radius 2 is 1.71 bits per heavy atom. The predicted molar refractivity (Wildman–Crippen MR) is 98.1 cm³/mol. The van der Waals surface area contributed by atoms with Crippen molar-refractivity contribution in [3.63, 3.8) is 0 Å². The molecule has 0 saturated carbocycles. The van der Waals surface area contributed by atoms with Gasteiger partial charge in [0, 0.05) is 12.0 Å². The number of anilines is 1. The molecule has 1 aromatic rings. The number of hydrogen-bond donors (Lipinski definition) is 1. The Balaban J connectivity index is 2.28. The van der Waals surface area contributed by atoms with Crippen LogP contribution in [0.4, 0.5) is 19.7 Å². The molecule has 8 nitrogen and oxygen atoms in total. The molecule has 1 aromatic carbocycles. The van der Waals surface area contributed by atoms with Crippen LogP contribution in [0.1, 0.15) is 47.1 Å². The summed E-state index contributed by atoms with van der Waals surface area (Å²) in [5.74, 6) is -1.35. The number of ether oxygens (including phenoxy) is 2. The fourth-order valence-electron chi connectivity index (χ4n) is 2.49. The van der Waals surface area contributed by atoms with Crippen LogP contribution in [-0.2, 0) is 25.5 Å². The number of carbonyl (C=O) groups is 3. The summed E-state index contributed by atoms with van der Waals surface area (Å²) in [5.41, 5.74) is -1.45. The second-order valence-electron chi connectivity index (χ2n) is 8.33. The minimum atomic E-state index is -1.18. The molecule has 0 bridgehead atoms. The Kier molecular flexibility index (Phi) is 5.86. The summed E-state index contributed by atoms with van der Waals surface area (Å²) in [6, 6.07) is 2.85. The summed E-state index contributed by atoms with van der Waals surface area (Å²) in [4.78, 5) is 41.9. The highest BCUT2D eigenvalue weighted by Gasteiger charge is 2.39. The van der Waals surface area contributed by atoms with Gasteiger partial charge >= 0.3 is 12.2 Å². The summed E-state index contributed by atoms with van der Waals surface area (Å²) < 4.78 is 24.5. The topological polar surface area (TPSA) is 94.2 Å². The van der Waals surface area contributed by atoms with E-state index in [1.165, 1.54) is 18.2 Å². The van der Waals surface area contributed by atoms with E-state index in [0.717, 1.165) is 0 Å². The smallest absolute Gasteiger partial charge is 0.444 e. The van der Waals surface area contributed by atoms with E-state index >= 15 is 0 Å². The van der Waals surface area contributed by atoms with E-state index in [-0.39, 0.29) is 17.7 Å². The summed E-state index contributed by atoms with van der Waals surface area (Å²) in [5, 5.41) is 3.03. The molecule has 0 fully saturated rings. The van der Waals surface area contributed by atoms with E-state index in [1.807, 2.05) is 0 Å². The maximum Gasteiger partial charge on any atom is 0.534 e. The van der Waals surface area contributed by atoms with Crippen molar-refractivity contribution in [3.8, 4) is 0 Å². The molecule has 9 heteroatoms. The molecule has 1 atom stereocenters. The molecule has 1 heterocycles. The first kappa shape index (κ1) is 21.5. The lowest BCUT2D eigenvalue weighted by molar-refractivity contribution is -0.128. The van der Waals surface area contributed by atoms with E-state index in [0.29, 0.717) is 5.06 Å². The highest BCUT2D eigenvalue weighted by atomic mass is 19.1. The SMILES string of the molecule is CC(C)(C)OC(=O)N[C@H]1Cc2c(F)cccc2N(OC(=O)OC(C)(C)C)C1=O. The van der Waals surface area contributed by atoms with Gasteiger partial charge in [0.15, 0.2) is 0 Å². The van der Waals surface area contributed by atoms with Gasteiger partial charge < -0.3 is 14.8 Å². The van der Waals surface area contributed by atoms with Crippen molar-refractivity contribution in [2.24, 2.45) is 0 Å². The molecule has 0 unspecified atom stereocenters. The molecule has 2 rings (SSSR count). The van der Waals surface area contributed by atoms with Gasteiger partial charge in [0.05, 0.1) is 5.69 Å². The zero-order valence-electron chi connectivity index (χ0n) is 16.8. The Morgan fingerprint density at radius 3 is 2.29 bits per heavy atom. The van der Waals surface area contributed by atoms with Crippen LogP contribution >= 0.6 is 0 Å². The van der Waals surface area contributed by atoms with E-state index < -0.39 is 41.2 Å². The van der Waals surface area contributed by atoms with Crippen LogP contribution in [0.3, 0.4) is 0 Å². The molecule has 1 aliphatic rings. The predicted octanol–water partition coefficient (Wildman–Crippen LogP) is 3.47. The van der Waals surface area contributed by atoms with Gasteiger partial charge in [0.25, 0.3) is 5.91 Å². The van der Waals surface area contributed by atoms with Crippen molar-refractivity contribution < 1.29 is 33.1 Å². The fourth-order valence-corrected chi connectivity index (χ4v) is 2.49. The van der Waals surface area contributed by atoms with Crippen LogP contribution in [0.2, 0.25) is 0 Å². The van der Waals surface area contributed by atoms with Gasteiger partial charge in [-0.3, -0.25) is 9.63 Å². The van der Waals surface area contributed by atoms with E-state index in [2.05, 4.69) is 5.32 Å². The van der Waals surface area contributed by atoms with Gasteiger partial charge in [-0.25, -0.2) is 14.0 Å². The van der Waals surface area contributed by atoms with Crippen molar-refractivity contribution in [2.45, 2.75) is 65.2 Å². The van der Waals surface area contributed by atoms with Gasteiger partial charge in [0.1, 0.15) is 23.1 Å². The highest BCUT2D eigenvalue weighted by molar-refractivity contribution is 6.01. The molecule has 154 valence electrons. The molecule has 2 amide bonds. The van der Waals surface area contributed by atoms with Crippen molar-refractivity contribution >= 4 is 23.8 Å². The molecule has 0 spiro atoms. The summed E-state index contributed by atoms with van der Waals surface area (Å²) in [7, 11) is 0. The fraction of sp³-hybridized carbons (Fsp3) is 0.526. The molecule has 1 N–H and O–H groups in total. The van der Waals surface area contributed by atoms with Crippen LogP contribution < -0.4 is 10.4 Å². The third kappa shape index (κ3) is 5.58. The third-order valence-corrected chi connectivity index (χ3v) is 3.47. The molecule has 0 aromatic heterocycles. The zero-order chi connectivity index (χ0) is 21.3. The number of rotatable bonds is 2. The Bertz CT molecular complexity index is 782. The lowest BCUT2D eigenvalue weighted by Crippen LogP contribution is -2.54. The number of hydrogen-bond acceptors (Lipinski definition) is 6. The molecule has 0 saturated heterocycles. The second kappa shape index (κ2) is 7.65. The van der Waals surface area contributed by atoms with Crippen LogP contribution in [0.25, 0.3) is 0 Å². The van der Waals surface area contributed by atoms with Crippen LogP contribution in [-0.4, -0.2) is 35.4 Å². The highest BCUT2D eigenvalue weighted by Crippen LogP contribution is 2.31. The monoisotopic (exact) mass is 396 g/mol. The van der Waals surface area contributed by atoms with Gasteiger partial charge in [-0.1, -0.05) is 6.07 Å². The molecular formula is C19H25FN2O6. The second-order valence-corrected chi connectivity index (χ2v) is 8.33. The number of benzene rings is 1. The number of alkyl carbamates (subject to hydrolysis) is 1. The van der Waals surface area contributed by atoms with E-state index in [4.69, 9.17) is 14.3 Å².